The molecule has 0 aliphatic heterocycles. The maximum absolute atomic E-state index is 12.4. The first kappa shape index (κ1) is 22.2. The minimum atomic E-state index is -3.66. The molecule has 0 unspecified atom stereocenters. The standard InChI is InChI=1S/C21H22N4O5S/c1-15-5-8-17(13-19(15)31(28,29)24(2)3)23-20(26)14-30-21(27)16-6-9-18(10-7-16)25-12-4-11-22-25/h4-13H,14H2,1-3H3,(H,23,26). The molecule has 0 saturated carbocycles. The summed E-state index contributed by atoms with van der Waals surface area (Å²) in [5, 5.41) is 6.65. The number of sulfonamides is 1. The largest absolute Gasteiger partial charge is 0.452 e. The molecule has 9 nitrogen and oxygen atoms in total. The molecule has 0 atom stereocenters. The van der Waals surface area contributed by atoms with Gasteiger partial charge in [-0.1, -0.05) is 6.07 Å². The summed E-state index contributed by atoms with van der Waals surface area (Å²) in [4.78, 5) is 24.5. The second-order valence-electron chi connectivity index (χ2n) is 6.89. The molecular weight excluding hydrogens is 420 g/mol. The average Bonchev–Trinajstić information content (AvgIpc) is 3.28. The van der Waals surface area contributed by atoms with Crippen molar-refractivity contribution in [2.24, 2.45) is 0 Å². The van der Waals surface area contributed by atoms with Crippen LogP contribution in [0.15, 0.2) is 65.8 Å². The number of nitrogens with zero attached hydrogens (tertiary/aromatic N) is 3. The van der Waals surface area contributed by atoms with E-state index in [1.807, 2.05) is 0 Å². The van der Waals surface area contributed by atoms with Crippen LogP contribution < -0.4 is 5.32 Å². The quantitative estimate of drug-likeness (QED) is 0.562. The third kappa shape index (κ3) is 5.16. The Balaban J connectivity index is 1.61. The zero-order valence-corrected chi connectivity index (χ0v) is 18.1. The summed E-state index contributed by atoms with van der Waals surface area (Å²) >= 11 is 0. The molecule has 0 bridgehead atoms. The average molecular weight is 442 g/mol. The van der Waals surface area contributed by atoms with Crippen LogP contribution in [0.3, 0.4) is 0 Å². The van der Waals surface area contributed by atoms with Crippen LogP contribution in [0.4, 0.5) is 5.69 Å². The SMILES string of the molecule is Cc1ccc(NC(=O)COC(=O)c2ccc(-n3cccn3)cc2)cc1S(=O)(=O)N(C)C. The Hall–Kier alpha value is -3.50. The number of benzene rings is 2. The summed E-state index contributed by atoms with van der Waals surface area (Å²) in [7, 11) is -0.794. The van der Waals surface area contributed by atoms with E-state index in [1.165, 1.54) is 20.2 Å². The summed E-state index contributed by atoms with van der Waals surface area (Å²) in [6.07, 6.45) is 3.42. The molecule has 0 radical (unpaired) electrons. The maximum atomic E-state index is 12.4. The molecule has 0 aliphatic carbocycles. The van der Waals surface area contributed by atoms with Gasteiger partial charge in [0.05, 0.1) is 16.1 Å². The highest BCUT2D eigenvalue weighted by atomic mass is 32.2. The predicted octanol–water partition coefficient (Wildman–Crippen LogP) is 2.23. The van der Waals surface area contributed by atoms with Crippen LogP contribution in [0.25, 0.3) is 5.69 Å². The topological polar surface area (TPSA) is 111 Å². The summed E-state index contributed by atoms with van der Waals surface area (Å²) in [5.74, 6) is -1.24. The Labute approximate surface area is 180 Å². The molecule has 0 saturated heterocycles. The Kier molecular flexibility index (Phi) is 6.52. The number of rotatable bonds is 7. The molecule has 2 aromatic carbocycles. The van der Waals surface area contributed by atoms with Gasteiger partial charge in [-0.05, 0) is 55.0 Å². The van der Waals surface area contributed by atoms with Gasteiger partial charge in [0.15, 0.2) is 6.61 Å². The number of aromatic nitrogens is 2. The van der Waals surface area contributed by atoms with Gasteiger partial charge in [0.25, 0.3) is 5.91 Å². The first-order valence-corrected chi connectivity index (χ1v) is 10.7. The van der Waals surface area contributed by atoms with E-state index in [9.17, 15) is 18.0 Å². The molecule has 31 heavy (non-hydrogen) atoms. The molecular formula is C21H22N4O5S. The van der Waals surface area contributed by atoms with Gasteiger partial charge in [0.1, 0.15) is 0 Å². The van der Waals surface area contributed by atoms with Crippen molar-refractivity contribution in [1.29, 1.82) is 0 Å². The van der Waals surface area contributed by atoms with Crippen molar-refractivity contribution in [1.82, 2.24) is 14.1 Å². The number of amides is 1. The van der Waals surface area contributed by atoms with E-state index in [1.54, 1.807) is 66.5 Å². The van der Waals surface area contributed by atoms with Gasteiger partial charge in [-0.3, -0.25) is 4.79 Å². The lowest BCUT2D eigenvalue weighted by Gasteiger charge is -2.15. The van der Waals surface area contributed by atoms with E-state index in [0.29, 0.717) is 11.1 Å². The van der Waals surface area contributed by atoms with Crippen molar-refractivity contribution in [3.05, 3.63) is 72.1 Å². The zero-order chi connectivity index (χ0) is 22.6. The van der Waals surface area contributed by atoms with E-state index in [2.05, 4.69) is 10.4 Å². The number of carbonyl (C=O) groups is 2. The zero-order valence-electron chi connectivity index (χ0n) is 17.3. The van der Waals surface area contributed by atoms with Gasteiger partial charge >= 0.3 is 5.97 Å². The fourth-order valence-corrected chi connectivity index (χ4v) is 3.88. The van der Waals surface area contributed by atoms with Crippen molar-refractivity contribution >= 4 is 27.6 Å². The van der Waals surface area contributed by atoms with Gasteiger partial charge in [0.2, 0.25) is 10.0 Å². The third-order valence-electron chi connectivity index (χ3n) is 4.44. The first-order valence-electron chi connectivity index (χ1n) is 9.29. The van der Waals surface area contributed by atoms with Crippen molar-refractivity contribution < 1.29 is 22.7 Å². The van der Waals surface area contributed by atoms with Gasteiger partial charge < -0.3 is 10.1 Å². The van der Waals surface area contributed by atoms with E-state index in [0.717, 1.165) is 9.99 Å². The Bertz CT molecular complexity index is 1190. The van der Waals surface area contributed by atoms with Gasteiger partial charge in [-0.15, -0.1) is 0 Å². The lowest BCUT2D eigenvalue weighted by Crippen LogP contribution is -2.24. The lowest BCUT2D eigenvalue weighted by molar-refractivity contribution is -0.119. The van der Waals surface area contributed by atoms with E-state index in [-0.39, 0.29) is 10.6 Å². The molecule has 162 valence electrons. The number of ether oxygens (including phenoxy) is 1. The van der Waals surface area contributed by atoms with Gasteiger partial charge in [0, 0.05) is 32.2 Å². The minimum absolute atomic E-state index is 0.0876. The summed E-state index contributed by atoms with van der Waals surface area (Å²) < 4.78 is 32.6. The van der Waals surface area contributed by atoms with Gasteiger partial charge in [-0.2, -0.15) is 5.10 Å². The number of hydrogen-bond acceptors (Lipinski definition) is 6. The highest BCUT2D eigenvalue weighted by Crippen LogP contribution is 2.22. The van der Waals surface area contributed by atoms with E-state index < -0.39 is 28.5 Å². The normalized spacial score (nSPS) is 11.4. The Morgan fingerprint density at radius 2 is 1.84 bits per heavy atom. The van der Waals surface area contributed by atoms with Crippen LogP contribution in [0.2, 0.25) is 0 Å². The fourth-order valence-electron chi connectivity index (χ4n) is 2.74. The van der Waals surface area contributed by atoms with Crippen LogP contribution in [-0.2, 0) is 19.6 Å². The Morgan fingerprint density at radius 1 is 1.13 bits per heavy atom. The van der Waals surface area contributed by atoms with Crippen LogP contribution in [0.1, 0.15) is 15.9 Å². The summed E-state index contributed by atoms with van der Waals surface area (Å²) in [5.41, 5.74) is 1.91. The smallest absolute Gasteiger partial charge is 0.338 e. The van der Waals surface area contributed by atoms with Crippen molar-refractivity contribution in [3.8, 4) is 5.69 Å². The van der Waals surface area contributed by atoms with E-state index >= 15 is 0 Å². The van der Waals surface area contributed by atoms with Crippen LogP contribution >= 0.6 is 0 Å². The fraction of sp³-hybridized carbons (Fsp3) is 0.190. The number of nitrogens with one attached hydrogen (secondary N) is 1. The molecule has 1 aromatic heterocycles. The monoisotopic (exact) mass is 442 g/mol. The predicted molar refractivity (Wildman–Crippen MR) is 115 cm³/mol. The van der Waals surface area contributed by atoms with E-state index in [4.69, 9.17) is 4.74 Å². The summed E-state index contributed by atoms with van der Waals surface area (Å²) in [6, 6.07) is 12.9. The molecule has 0 fully saturated rings. The molecule has 1 N–H and O–H groups in total. The van der Waals surface area contributed by atoms with Gasteiger partial charge in [-0.25, -0.2) is 22.2 Å². The van der Waals surface area contributed by atoms with Crippen molar-refractivity contribution in [3.63, 3.8) is 0 Å². The van der Waals surface area contributed by atoms with Crippen LogP contribution in [0.5, 0.6) is 0 Å². The molecule has 3 aromatic rings. The highest BCUT2D eigenvalue weighted by Gasteiger charge is 2.20. The molecule has 1 amide bonds. The molecule has 1 heterocycles. The minimum Gasteiger partial charge on any atom is -0.452 e. The molecule has 3 rings (SSSR count). The number of esters is 1. The van der Waals surface area contributed by atoms with Crippen molar-refractivity contribution in [2.75, 3.05) is 26.0 Å². The second kappa shape index (κ2) is 9.11. The highest BCUT2D eigenvalue weighted by molar-refractivity contribution is 7.89. The molecule has 0 spiro atoms. The second-order valence-corrected chi connectivity index (χ2v) is 9.01. The maximum Gasteiger partial charge on any atom is 0.338 e. The van der Waals surface area contributed by atoms with Crippen LogP contribution in [0, 0.1) is 6.92 Å². The number of anilines is 1. The Morgan fingerprint density at radius 3 is 2.45 bits per heavy atom. The molecule has 10 heteroatoms. The molecule has 0 aliphatic rings. The number of hydrogen-bond donors (Lipinski definition) is 1. The number of carbonyl (C=O) groups excluding carboxylic acids is 2. The van der Waals surface area contributed by atoms with Crippen LogP contribution in [-0.4, -0.2) is 55.1 Å². The number of aryl methyl sites for hydroxylation is 1. The summed E-state index contributed by atoms with van der Waals surface area (Å²) in [6.45, 7) is 1.16. The lowest BCUT2D eigenvalue weighted by atomic mass is 10.2. The van der Waals surface area contributed by atoms with Crippen molar-refractivity contribution in [2.45, 2.75) is 11.8 Å². The third-order valence-corrected chi connectivity index (χ3v) is 6.39. The first-order chi connectivity index (χ1) is 14.7.